The molecule has 0 rings (SSSR count). The average molecular weight is 230 g/mol. The van der Waals surface area contributed by atoms with Gasteiger partial charge in [0.2, 0.25) is 0 Å². The summed E-state index contributed by atoms with van der Waals surface area (Å²) in [4.78, 5) is 10.2. The molecule has 0 aromatic heterocycles. The molecular formula is C12H22O2S. The SMILES string of the molecule is O=C(O)CCCCCCCCCCC=S. The van der Waals surface area contributed by atoms with Crippen molar-refractivity contribution in [3.8, 4) is 0 Å². The van der Waals surface area contributed by atoms with Gasteiger partial charge in [-0.2, -0.15) is 0 Å². The maximum Gasteiger partial charge on any atom is 0.303 e. The second-order valence-corrected chi connectivity index (χ2v) is 4.26. The molecule has 3 heteroatoms. The molecule has 0 aromatic carbocycles. The molecule has 0 aromatic rings. The molecule has 0 spiro atoms. The van der Waals surface area contributed by atoms with Gasteiger partial charge in [0.25, 0.3) is 0 Å². The molecule has 0 bridgehead atoms. The van der Waals surface area contributed by atoms with Crippen LogP contribution in [-0.2, 0) is 4.79 Å². The molecule has 0 radical (unpaired) electrons. The van der Waals surface area contributed by atoms with Crippen molar-refractivity contribution < 1.29 is 9.90 Å². The highest BCUT2D eigenvalue weighted by molar-refractivity contribution is 7.78. The van der Waals surface area contributed by atoms with E-state index in [1.165, 1.54) is 38.5 Å². The molecule has 0 aliphatic rings. The third kappa shape index (κ3) is 13.6. The number of hydrogen-bond acceptors (Lipinski definition) is 2. The highest BCUT2D eigenvalue weighted by Gasteiger charge is 1.96. The molecule has 2 nitrogen and oxygen atoms in total. The van der Waals surface area contributed by atoms with Crippen LogP contribution in [0.15, 0.2) is 0 Å². The number of unbranched alkanes of at least 4 members (excludes halogenated alkanes) is 8. The summed E-state index contributed by atoms with van der Waals surface area (Å²) < 4.78 is 0. The van der Waals surface area contributed by atoms with Crippen LogP contribution < -0.4 is 0 Å². The first-order valence-electron chi connectivity index (χ1n) is 5.93. The second-order valence-electron chi connectivity index (χ2n) is 3.93. The molecule has 0 amide bonds. The van der Waals surface area contributed by atoms with Gasteiger partial charge in [-0.3, -0.25) is 4.79 Å². The zero-order valence-electron chi connectivity index (χ0n) is 9.41. The van der Waals surface area contributed by atoms with Crippen molar-refractivity contribution >= 4 is 23.6 Å². The van der Waals surface area contributed by atoms with Gasteiger partial charge in [-0.1, -0.05) is 50.7 Å². The Morgan fingerprint density at radius 1 is 0.933 bits per heavy atom. The van der Waals surface area contributed by atoms with Crippen molar-refractivity contribution in [1.29, 1.82) is 0 Å². The average Bonchev–Trinajstić information content (AvgIpc) is 2.20. The van der Waals surface area contributed by atoms with Crippen molar-refractivity contribution in [3.63, 3.8) is 0 Å². The number of aliphatic carboxylic acids is 1. The number of carbonyl (C=O) groups is 1. The highest BCUT2D eigenvalue weighted by atomic mass is 32.1. The second kappa shape index (κ2) is 11.6. The Morgan fingerprint density at radius 2 is 1.40 bits per heavy atom. The van der Waals surface area contributed by atoms with Gasteiger partial charge in [0.1, 0.15) is 0 Å². The van der Waals surface area contributed by atoms with Gasteiger partial charge in [-0.15, -0.1) is 0 Å². The largest absolute Gasteiger partial charge is 0.481 e. The van der Waals surface area contributed by atoms with E-state index < -0.39 is 5.97 Å². The van der Waals surface area contributed by atoms with E-state index in [4.69, 9.17) is 17.3 Å². The number of rotatable bonds is 11. The minimum atomic E-state index is -0.671. The lowest BCUT2D eigenvalue weighted by atomic mass is 10.1. The van der Waals surface area contributed by atoms with Crippen LogP contribution in [0.25, 0.3) is 0 Å². The van der Waals surface area contributed by atoms with Crippen molar-refractivity contribution in [2.45, 2.75) is 64.2 Å². The lowest BCUT2D eigenvalue weighted by molar-refractivity contribution is -0.137. The summed E-state index contributed by atoms with van der Waals surface area (Å²) in [7, 11) is 0. The van der Waals surface area contributed by atoms with Crippen LogP contribution in [0.5, 0.6) is 0 Å². The smallest absolute Gasteiger partial charge is 0.303 e. The number of thiocarbonyl (C=S) groups is 1. The maximum absolute atomic E-state index is 10.2. The molecule has 1 N–H and O–H groups in total. The summed E-state index contributed by atoms with van der Waals surface area (Å²) in [5, 5.41) is 10.2. The summed E-state index contributed by atoms with van der Waals surface area (Å²) in [6, 6.07) is 0. The van der Waals surface area contributed by atoms with Gasteiger partial charge >= 0.3 is 5.97 Å². The Labute approximate surface area is 98.1 Å². The maximum atomic E-state index is 10.2. The first-order chi connectivity index (χ1) is 7.27. The lowest BCUT2D eigenvalue weighted by Crippen LogP contribution is -1.93. The van der Waals surface area contributed by atoms with E-state index >= 15 is 0 Å². The first kappa shape index (κ1) is 14.6. The minimum absolute atomic E-state index is 0.328. The molecule has 0 unspecified atom stereocenters. The summed E-state index contributed by atoms with van der Waals surface area (Å²) in [5.41, 5.74) is 0. The number of hydrogen-bond donors (Lipinski definition) is 1. The zero-order valence-corrected chi connectivity index (χ0v) is 10.2. The van der Waals surface area contributed by atoms with Crippen molar-refractivity contribution in [3.05, 3.63) is 0 Å². The molecular weight excluding hydrogens is 208 g/mol. The normalized spacial score (nSPS) is 10.1. The summed E-state index contributed by atoms with van der Waals surface area (Å²) >= 11 is 4.75. The van der Waals surface area contributed by atoms with Crippen molar-refractivity contribution in [2.75, 3.05) is 0 Å². The molecule has 0 aliphatic carbocycles. The Hall–Kier alpha value is -0.440. The molecule has 88 valence electrons. The van der Waals surface area contributed by atoms with Gasteiger partial charge in [0, 0.05) is 6.42 Å². The Morgan fingerprint density at radius 3 is 1.87 bits per heavy atom. The summed E-state index contributed by atoms with van der Waals surface area (Å²) in [6.45, 7) is 0. The fourth-order valence-electron chi connectivity index (χ4n) is 1.56. The van der Waals surface area contributed by atoms with E-state index in [1.54, 1.807) is 0 Å². The standard InChI is InChI=1S/C12H22O2S/c13-12(14)10-8-6-4-2-1-3-5-7-9-11-15/h11H,1-10H2,(H,13,14). The van der Waals surface area contributed by atoms with E-state index in [2.05, 4.69) is 0 Å². The van der Waals surface area contributed by atoms with Crippen LogP contribution in [0.4, 0.5) is 0 Å². The summed E-state index contributed by atoms with van der Waals surface area (Å²) in [5.74, 6) is -0.671. The number of carboxylic acid groups (broad SMARTS) is 1. The third-order valence-electron chi connectivity index (χ3n) is 2.46. The van der Waals surface area contributed by atoms with Gasteiger partial charge < -0.3 is 5.11 Å². The molecule has 15 heavy (non-hydrogen) atoms. The van der Waals surface area contributed by atoms with E-state index in [0.29, 0.717) is 6.42 Å². The van der Waals surface area contributed by atoms with Crippen LogP contribution >= 0.6 is 12.2 Å². The van der Waals surface area contributed by atoms with Gasteiger partial charge in [0.15, 0.2) is 0 Å². The Balaban J connectivity index is 2.92. The fourth-order valence-corrected chi connectivity index (χ4v) is 1.73. The topological polar surface area (TPSA) is 37.3 Å². The predicted molar refractivity (Wildman–Crippen MR) is 67.5 cm³/mol. The fraction of sp³-hybridized carbons (Fsp3) is 0.833. The molecule has 0 fully saturated rings. The van der Waals surface area contributed by atoms with Crippen LogP contribution in [0.2, 0.25) is 0 Å². The van der Waals surface area contributed by atoms with E-state index in [9.17, 15) is 4.79 Å². The Bertz CT molecular complexity index is 169. The van der Waals surface area contributed by atoms with E-state index in [1.807, 2.05) is 5.37 Å². The van der Waals surface area contributed by atoms with Crippen molar-refractivity contribution in [1.82, 2.24) is 0 Å². The third-order valence-corrected chi connectivity index (χ3v) is 2.70. The van der Waals surface area contributed by atoms with Gasteiger partial charge in [-0.25, -0.2) is 0 Å². The van der Waals surface area contributed by atoms with E-state index in [0.717, 1.165) is 19.3 Å². The lowest BCUT2D eigenvalue weighted by Gasteiger charge is -2.00. The monoisotopic (exact) mass is 230 g/mol. The minimum Gasteiger partial charge on any atom is -0.481 e. The zero-order chi connectivity index (χ0) is 11.4. The van der Waals surface area contributed by atoms with Gasteiger partial charge in [-0.05, 0) is 24.6 Å². The van der Waals surface area contributed by atoms with E-state index in [-0.39, 0.29) is 0 Å². The van der Waals surface area contributed by atoms with Crippen LogP contribution in [0, 0.1) is 0 Å². The first-order valence-corrected chi connectivity index (χ1v) is 6.40. The molecule has 0 saturated carbocycles. The van der Waals surface area contributed by atoms with Crippen LogP contribution in [-0.4, -0.2) is 16.4 Å². The quantitative estimate of drug-likeness (QED) is 0.431. The van der Waals surface area contributed by atoms with Crippen molar-refractivity contribution in [2.24, 2.45) is 0 Å². The molecule has 0 aliphatic heterocycles. The van der Waals surface area contributed by atoms with Crippen LogP contribution in [0.3, 0.4) is 0 Å². The number of carboxylic acids is 1. The molecule has 0 saturated heterocycles. The Kier molecular flexibility index (Phi) is 11.3. The van der Waals surface area contributed by atoms with Gasteiger partial charge in [0.05, 0.1) is 0 Å². The summed E-state index contributed by atoms with van der Waals surface area (Å²) in [6.07, 6.45) is 10.8. The highest BCUT2D eigenvalue weighted by Crippen LogP contribution is 2.10. The van der Waals surface area contributed by atoms with Crippen LogP contribution in [0.1, 0.15) is 64.2 Å². The molecule has 0 heterocycles. The predicted octanol–water partition coefficient (Wildman–Crippen LogP) is 3.97. The molecule has 0 atom stereocenters.